The third-order valence-electron chi connectivity index (χ3n) is 2.03. The zero-order valence-corrected chi connectivity index (χ0v) is 11.4. The third kappa shape index (κ3) is 5.65. The van der Waals surface area contributed by atoms with E-state index in [1.54, 1.807) is 0 Å². The molecule has 0 fully saturated rings. The molecular weight excluding hydrogens is 288 g/mol. The van der Waals surface area contributed by atoms with Crippen LogP contribution >= 0.6 is 11.8 Å². The van der Waals surface area contributed by atoms with Gasteiger partial charge in [0.25, 0.3) is 0 Å². The number of hydrogen-bond donors (Lipinski definition) is 2. The average Bonchev–Trinajstić information content (AvgIpc) is 2.65. The number of ether oxygens (including phenoxy) is 1. The largest absolute Gasteiger partial charge is 0.385 e. The van der Waals surface area contributed by atoms with E-state index in [-0.39, 0.29) is 35.4 Å². The molecule has 0 saturated heterocycles. The van der Waals surface area contributed by atoms with Gasteiger partial charge in [-0.15, -0.1) is 0 Å². The maximum atomic E-state index is 11.4. The fraction of sp³-hybridized carbons (Fsp3) is 0.364. The van der Waals surface area contributed by atoms with Crippen LogP contribution in [-0.2, 0) is 28.7 Å². The highest BCUT2D eigenvalue weighted by molar-refractivity contribution is 8.14. The van der Waals surface area contributed by atoms with Gasteiger partial charge in [0.1, 0.15) is 5.70 Å². The average molecular weight is 300 g/mol. The zero-order chi connectivity index (χ0) is 15.1. The number of cyclic esters (lactones) is 2. The third-order valence-corrected chi connectivity index (χ3v) is 2.84. The molecule has 1 rings (SSSR count). The molecule has 0 aromatic rings. The Kier molecular flexibility index (Phi) is 5.91. The Morgan fingerprint density at radius 3 is 2.50 bits per heavy atom. The fourth-order valence-electron chi connectivity index (χ4n) is 1.19. The van der Waals surface area contributed by atoms with E-state index in [9.17, 15) is 24.0 Å². The fourth-order valence-corrected chi connectivity index (χ4v) is 1.62. The van der Waals surface area contributed by atoms with Crippen molar-refractivity contribution in [2.75, 3.05) is 12.3 Å². The van der Waals surface area contributed by atoms with Gasteiger partial charge in [-0.1, -0.05) is 11.8 Å². The second-order valence-corrected chi connectivity index (χ2v) is 4.85. The summed E-state index contributed by atoms with van der Waals surface area (Å²) in [5.41, 5.74) is -0.224. The summed E-state index contributed by atoms with van der Waals surface area (Å²) in [4.78, 5) is 55.0. The van der Waals surface area contributed by atoms with Crippen LogP contribution in [0.15, 0.2) is 11.8 Å². The van der Waals surface area contributed by atoms with Gasteiger partial charge in [0.2, 0.25) is 11.8 Å². The standard InChI is InChI=1S/C11H12N2O6S/c1-6(14)20-5-9(16)12-3-2-8(15)13-7-4-10(17)19-11(7)18/h4H,2-3,5H2,1H3,(H,12,16)(H,13,15). The molecule has 0 aromatic carbocycles. The van der Waals surface area contributed by atoms with Crippen molar-refractivity contribution in [3.8, 4) is 0 Å². The van der Waals surface area contributed by atoms with Gasteiger partial charge in [0, 0.05) is 19.9 Å². The lowest BCUT2D eigenvalue weighted by Gasteiger charge is -2.05. The highest BCUT2D eigenvalue weighted by Crippen LogP contribution is 2.04. The SMILES string of the molecule is CC(=O)SCC(=O)NCCC(=O)NC1=CC(=O)OC1=O. The Hall–Kier alpha value is -2.16. The maximum absolute atomic E-state index is 11.4. The number of rotatable bonds is 6. The molecule has 0 aliphatic carbocycles. The summed E-state index contributed by atoms with van der Waals surface area (Å²) in [6.45, 7) is 1.40. The molecule has 108 valence electrons. The van der Waals surface area contributed by atoms with Crippen LogP contribution in [0.2, 0.25) is 0 Å². The Balaban J connectivity index is 2.22. The van der Waals surface area contributed by atoms with Crippen LogP contribution in [0.4, 0.5) is 0 Å². The molecule has 1 aliphatic heterocycles. The van der Waals surface area contributed by atoms with Crippen LogP contribution in [0.25, 0.3) is 0 Å². The molecule has 1 heterocycles. The van der Waals surface area contributed by atoms with Crippen molar-refractivity contribution >= 4 is 40.6 Å². The predicted octanol–water partition coefficient (Wildman–Crippen LogP) is -1.14. The van der Waals surface area contributed by atoms with Gasteiger partial charge in [0.15, 0.2) is 5.12 Å². The minimum atomic E-state index is -0.912. The van der Waals surface area contributed by atoms with E-state index < -0.39 is 17.8 Å². The van der Waals surface area contributed by atoms with Crippen LogP contribution in [0.5, 0.6) is 0 Å². The van der Waals surface area contributed by atoms with Gasteiger partial charge in [-0.25, -0.2) is 9.59 Å². The first kappa shape index (κ1) is 15.9. The minimum absolute atomic E-state index is 0.0110. The summed E-state index contributed by atoms with van der Waals surface area (Å²) in [5, 5.41) is 4.47. The van der Waals surface area contributed by atoms with Crippen LogP contribution < -0.4 is 10.6 Å². The van der Waals surface area contributed by atoms with Crippen molar-refractivity contribution in [2.24, 2.45) is 0 Å². The molecule has 0 bridgehead atoms. The Labute approximate surface area is 118 Å². The first-order valence-electron chi connectivity index (χ1n) is 5.56. The molecule has 0 spiro atoms. The number of thioether (sulfide) groups is 1. The van der Waals surface area contributed by atoms with E-state index in [0.29, 0.717) is 0 Å². The van der Waals surface area contributed by atoms with Crippen LogP contribution in [0.3, 0.4) is 0 Å². The Bertz CT molecular complexity index is 499. The van der Waals surface area contributed by atoms with Crippen LogP contribution in [0.1, 0.15) is 13.3 Å². The van der Waals surface area contributed by atoms with E-state index in [2.05, 4.69) is 15.4 Å². The summed E-state index contributed by atoms with van der Waals surface area (Å²) >= 11 is 0.866. The lowest BCUT2D eigenvalue weighted by atomic mass is 10.3. The molecular formula is C11H12N2O6S. The van der Waals surface area contributed by atoms with E-state index in [1.807, 2.05) is 0 Å². The van der Waals surface area contributed by atoms with Crippen molar-refractivity contribution in [1.29, 1.82) is 0 Å². The Morgan fingerprint density at radius 1 is 1.25 bits per heavy atom. The molecule has 0 saturated carbocycles. The van der Waals surface area contributed by atoms with Gasteiger partial charge >= 0.3 is 11.9 Å². The number of carbonyl (C=O) groups excluding carboxylic acids is 5. The number of hydrogen-bond acceptors (Lipinski definition) is 7. The van der Waals surface area contributed by atoms with Gasteiger partial charge in [-0.05, 0) is 0 Å². The van der Waals surface area contributed by atoms with Crippen molar-refractivity contribution in [1.82, 2.24) is 10.6 Å². The number of amides is 2. The second kappa shape index (κ2) is 7.43. The summed E-state index contributed by atoms with van der Waals surface area (Å²) in [6.07, 6.45) is 0.803. The highest BCUT2D eigenvalue weighted by atomic mass is 32.2. The number of esters is 2. The second-order valence-electron chi connectivity index (χ2n) is 3.69. The van der Waals surface area contributed by atoms with E-state index >= 15 is 0 Å². The molecule has 0 atom stereocenters. The summed E-state index contributed by atoms with van der Waals surface area (Å²) in [7, 11) is 0. The molecule has 0 radical (unpaired) electrons. The van der Waals surface area contributed by atoms with Crippen molar-refractivity contribution in [3.05, 3.63) is 11.8 Å². The lowest BCUT2D eigenvalue weighted by molar-refractivity contribution is -0.151. The van der Waals surface area contributed by atoms with Crippen LogP contribution in [0, 0.1) is 0 Å². The maximum Gasteiger partial charge on any atom is 0.362 e. The van der Waals surface area contributed by atoms with Crippen molar-refractivity contribution in [3.63, 3.8) is 0 Å². The van der Waals surface area contributed by atoms with E-state index in [1.165, 1.54) is 6.92 Å². The van der Waals surface area contributed by atoms with Crippen molar-refractivity contribution in [2.45, 2.75) is 13.3 Å². The Morgan fingerprint density at radius 2 is 1.95 bits per heavy atom. The monoisotopic (exact) mass is 300 g/mol. The quantitative estimate of drug-likeness (QED) is 0.470. The molecule has 2 amide bonds. The molecule has 8 nitrogen and oxygen atoms in total. The number of nitrogens with one attached hydrogen (secondary N) is 2. The lowest BCUT2D eigenvalue weighted by Crippen LogP contribution is -2.32. The predicted molar refractivity (Wildman–Crippen MR) is 68.1 cm³/mol. The molecule has 1 aliphatic rings. The molecule has 2 N–H and O–H groups in total. The molecule has 0 aromatic heterocycles. The van der Waals surface area contributed by atoms with Crippen molar-refractivity contribution < 1.29 is 28.7 Å². The normalized spacial score (nSPS) is 13.6. The van der Waals surface area contributed by atoms with Gasteiger partial charge in [0.05, 0.1) is 11.8 Å². The number of carbonyl (C=O) groups is 5. The topological polar surface area (TPSA) is 119 Å². The molecule has 0 unspecified atom stereocenters. The first-order valence-corrected chi connectivity index (χ1v) is 6.55. The molecule has 20 heavy (non-hydrogen) atoms. The summed E-state index contributed by atoms with van der Waals surface area (Å²) in [6, 6.07) is 0. The first-order chi connectivity index (χ1) is 9.38. The van der Waals surface area contributed by atoms with E-state index in [4.69, 9.17) is 0 Å². The van der Waals surface area contributed by atoms with E-state index in [0.717, 1.165) is 17.8 Å². The smallest absolute Gasteiger partial charge is 0.362 e. The highest BCUT2D eigenvalue weighted by Gasteiger charge is 2.24. The van der Waals surface area contributed by atoms with Gasteiger partial charge < -0.3 is 15.4 Å². The van der Waals surface area contributed by atoms with Gasteiger partial charge in [-0.3, -0.25) is 14.4 Å². The van der Waals surface area contributed by atoms with Gasteiger partial charge in [-0.2, -0.15) is 0 Å². The minimum Gasteiger partial charge on any atom is -0.385 e. The summed E-state index contributed by atoms with van der Waals surface area (Å²) in [5.74, 6) is -2.66. The zero-order valence-electron chi connectivity index (χ0n) is 10.6. The van der Waals surface area contributed by atoms with Crippen LogP contribution in [-0.4, -0.2) is 41.2 Å². The summed E-state index contributed by atoms with van der Waals surface area (Å²) < 4.78 is 4.18. The molecule has 9 heteroatoms.